The highest BCUT2D eigenvalue weighted by Crippen LogP contribution is 2.31. The normalized spacial score (nSPS) is 27.4. The molecule has 1 aromatic rings. The van der Waals surface area contributed by atoms with E-state index >= 15 is 0 Å². The molecular weight excluding hydrogens is 303 g/mol. The maximum Gasteiger partial charge on any atom is 0.210 e. The molecule has 0 aromatic heterocycles. The molecule has 2 aliphatic heterocycles. The minimum Gasteiger partial charge on any atom is -0.340 e. The molecule has 2 heterocycles. The first kappa shape index (κ1) is 17.2. The number of amides is 1. The molecule has 3 nitrogen and oxygen atoms in total. The van der Waals surface area contributed by atoms with Crippen LogP contribution in [-0.4, -0.2) is 47.9 Å². The van der Waals surface area contributed by atoms with Gasteiger partial charge in [0.05, 0.1) is 6.04 Å². The molecule has 0 N–H and O–H groups in total. The van der Waals surface area contributed by atoms with E-state index in [2.05, 4.69) is 17.9 Å². The lowest BCUT2D eigenvalue weighted by Crippen LogP contribution is -2.55. The van der Waals surface area contributed by atoms with Gasteiger partial charge in [-0.05, 0) is 56.5 Å². The van der Waals surface area contributed by atoms with Gasteiger partial charge in [0, 0.05) is 12.6 Å². The van der Waals surface area contributed by atoms with Crippen LogP contribution in [0.3, 0.4) is 0 Å². The van der Waals surface area contributed by atoms with Crippen molar-refractivity contribution in [2.45, 2.75) is 51.1 Å². The molecule has 1 amide bonds. The molecule has 0 saturated carbocycles. The highest BCUT2D eigenvalue weighted by atomic mass is 19.1. The van der Waals surface area contributed by atoms with E-state index in [0.717, 1.165) is 44.4 Å². The third-order valence-corrected chi connectivity index (χ3v) is 5.48. The third-order valence-electron chi connectivity index (χ3n) is 5.48. The Bertz CT molecular complexity index is 584. The summed E-state index contributed by atoms with van der Waals surface area (Å²) in [6, 6.07) is 7.38. The second-order valence-electron chi connectivity index (χ2n) is 6.91. The minimum atomic E-state index is -0.202. The Hall–Kier alpha value is -1.68. The molecule has 0 spiro atoms. The maximum absolute atomic E-state index is 13.1. The van der Waals surface area contributed by atoms with Gasteiger partial charge in [-0.2, -0.15) is 0 Å². The Balaban J connectivity index is 1.78. The monoisotopic (exact) mass is 330 g/mol. The molecule has 1 aromatic carbocycles. The topological polar surface area (TPSA) is 23.6 Å². The van der Waals surface area contributed by atoms with Gasteiger partial charge in [-0.3, -0.25) is 9.69 Å². The average molecular weight is 330 g/mol. The number of piperidine rings is 2. The summed E-state index contributed by atoms with van der Waals surface area (Å²) in [7, 11) is 0. The van der Waals surface area contributed by atoms with Gasteiger partial charge in [0.2, 0.25) is 6.41 Å². The fourth-order valence-corrected chi connectivity index (χ4v) is 4.19. The van der Waals surface area contributed by atoms with Crippen LogP contribution in [0, 0.1) is 5.82 Å². The molecule has 3 rings (SSSR count). The van der Waals surface area contributed by atoms with Crippen molar-refractivity contribution < 1.29 is 9.18 Å². The molecule has 2 aliphatic rings. The van der Waals surface area contributed by atoms with E-state index in [1.807, 2.05) is 17.0 Å². The van der Waals surface area contributed by atoms with E-state index in [9.17, 15) is 9.18 Å². The van der Waals surface area contributed by atoms with Crippen LogP contribution in [0.15, 0.2) is 29.8 Å². The zero-order chi connectivity index (χ0) is 16.9. The Morgan fingerprint density at radius 2 is 1.96 bits per heavy atom. The second-order valence-corrected chi connectivity index (χ2v) is 6.91. The highest BCUT2D eigenvalue weighted by molar-refractivity contribution is 5.55. The molecule has 0 bridgehead atoms. The van der Waals surface area contributed by atoms with Gasteiger partial charge in [-0.25, -0.2) is 4.39 Å². The van der Waals surface area contributed by atoms with E-state index in [1.165, 1.54) is 37.0 Å². The first-order valence-corrected chi connectivity index (χ1v) is 9.11. The Morgan fingerprint density at radius 1 is 1.17 bits per heavy atom. The third kappa shape index (κ3) is 3.86. The molecule has 130 valence electrons. The van der Waals surface area contributed by atoms with Gasteiger partial charge in [-0.1, -0.05) is 37.1 Å². The summed E-state index contributed by atoms with van der Waals surface area (Å²) in [5.74, 6) is -0.202. The largest absolute Gasteiger partial charge is 0.340 e. The van der Waals surface area contributed by atoms with Crippen molar-refractivity contribution in [1.82, 2.24) is 9.80 Å². The Kier molecular flexibility index (Phi) is 5.67. The number of rotatable bonds is 4. The van der Waals surface area contributed by atoms with Crippen LogP contribution in [0.1, 0.15) is 44.6 Å². The molecule has 2 atom stereocenters. The SMILES string of the molecule is CCN1CCCC[C@H]1C1CC(=Cc2ccc(F)cc2)CCN1C=O. The molecule has 2 fully saturated rings. The standard InChI is InChI=1S/C20H27FN2O/c1-2-22-11-4-3-5-19(22)20-14-17(10-12-23(20)15-24)13-16-6-8-18(21)9-7-16/h6-9,13,15,19-20H,2-5,10-12,14H2,1H3/t19-,20?/m0/s1. The fraction of sp³-hybridized carbons (Fsp3) is 0.550. The van der Waals surface area contributed by atoms with Crippen LogP contribution in [-0.2, 0) is 4.79 Å². The van der Waals surface area contributed by atoms with Crippen LogP contribution in [0.4, 0.5) is 4.39 Å². The van der Waals surface area contributed by atoms with Gasteiger partial charge < -0.3 is 4.90 Å². The molecule has 0 aliphatic carbocycles. The number of likely N-dealkylation sites (tertiary alicyclic amines) is 2. The molecule has 2 saturated heterocycles. The lowest BCUT2D eigenvalue weighted by atomic mass is 9.86. The van der Waals surface area contributed by atoms with E-state index in [0.29, 0.717) is 6.04 Å². The lowest BCUT2D eigenvalue weighted by Gasteiger charge is -2.46. The van der Waals surface area contributed by atoms with Crippen molar-refractivity contribution in [3.8, 4) is 0 Å². The number of halogens is 1. The number of hydrogen-bond acceptors (Lipinski definition) is 2. The van der Waals surface area contributed by atoms with E-state index in [-0.39, 0.29) is 11.9 Å². The van der Waals surface area contributed by atoms with Gasteiger partial charge in [0.1, 0.15) is 5.82 Å². The van der Waals surface area contributed by atoms with Crippen molar-refractivity contribution in [2.24, 2.45) is 0 Å². The van der Waals surface area contributed by atoms with E-state index in [1.54, 1.807) is 0 Å². The lowest BCUT2D eigenvalue weighted by molar-refractivity contribution is -0.122. The summed E-state index contributed by atoms with van der Waals surface area (Å²) in [4.78, 5) is 16.1. The van der Waals surface area contributed by atoms with Crippen LogP contribution in [0.5, 0.6) is 0 Å². The summed E-state index contributed by atoms with van der Waals surface area (Å²) in [5, 5.41) is 0. The van der Waals surface area contributed by atoms with Gasteiger partial charge in [0.25, 0.3) is 0 Å². The average Bonchev–Trinajstić information content (AvgIpc) is 2.63. The first-order valence-electron chi connectivity index (χ1n) is 9.11. The predicted molar refractivity (Wildman–Crippen MR) is 95.1 cm³/mol. The summed E-state index contributed by atoms with van der Waals surface area (Å²) in [5.41, 5.74) is 2.41. The zero-order valence-corrected chi connectivity index (χ0v) is 14.5. The van der Waals surface area contributed by atoms with Crippen LogP contribution in [0.2, 0.25) is 0 Å². The Labute approximate surface area is 144 Å². The van der Waals surface area contributed by atoms with Crippen molar-refractivity contribution in [3.05, 3.63) is 41.2 Å². The van der Waals surface area contributed by atoms with Crippen LogP contribution >= 0.6 is 0 Å². The van der Waals surface area contributed by atoms with Crippen molar-refractivity contribution in [1.29, 1.82) is 0 Å². The van der Waals surface area contributed by atoms with Gasteiger partial charge in [-0.15, -0.1) is 0 Å². The fourth-order valence-electron chi connectivity index (χ4n) is 4.19. The van der Waals surface area contributed by atoms with Gasteiger partial charge >= 0.3 is 0 Å². The molecular formula is C20H27FN2O. The Morgan fingerprint density at radius 3 is 2.67 bits per heavy atom. The second kappa shape index (κ2) is 7.93. The first-order chi connectivity index (χ1) is 11.7. The molecule has 1 unspecified atom stereocenters. The number of nitrogens with zero attached hydrogens (tertiary/aromatic N) is 2. The number of benzene rings is 1. The van der Waals surface area contributed by atoms with E-state index < -0.39 is 0 Å². The van der Waals surface area contributed by atoms with Crippen molar-refractivity contribution in [3.63, 3.8) is 0 Å². The minimum absolute atomic E-state index is 0.202. The maximum atomic E-state index is 13.1. The number of likely N-dealkylation sites (N-methyl/N-ethyl adjacent to an activating group) is 1. The van der Waals surface area contributed by atoms with Gasteiger partial charge in [0.15, 0.2) is 0 Å². The van der Waals surface area contributed by atoms with Crippen LogP contribution < -0.4 is 0 Å². The summed E-state index contributed by atoms with van der Waals surface area (Å²) in [6.45, 7) is 5.18. The summed E-state index contributed by atoms with van der Waals surface area (Å²) >= 11 is 0. The zero-order valence-electron chi connectivity index (χ0n) is 14.5. The van der Waals surface area contributed by atoms with E-state index in [4.69, 9.17) is 0 Å². The summed E-state index contributed by atoms with van der Waals surface area (Å²) < 4.78 is 13.1. The number of hydrogen-bond donors (Lipinski definition) is 0. The number of carbonyl (C=O) groups excluding carboxylic acids is 1. The van der Waals surface area contributed by atoms with Crippen molar-refractivity contribution >= 4 is 12.5 Å². The predicted octanol–water partition coefficient (Wildman–Crippen LogP) is 3.70. The smallest absolute Gasteiger partial charge is 0.210 e. The summed E-state index contributed by atoms with van der Waals surface area (Å²) in [6.07, 6.45) is 8.72. The highest BCUT2D eigenvalue weighted by Gasteiger charge is 2.35. The van der Waals surface area contributed by atoms with Crippen LogP contribution in [0.25, 0.3) is 6.08 Å². The molecule has 24 heavy (non-hydrogen) atoms. The molecule has 4 heteroatoms. The van der Waals surface area contributed by atoms with Crippen molar-refractivity contribution in [2.75, 3.05) is 19.6 Å². The number of carbonyl (C=O) groups is 1. The quantitative estimate of drug-likeness (QED) is 0.786. The molecule has 0 radical (unpaired) electrons.